The number of ether oxygens (including phenoxy) is 3. The highest BCUT2D eigenvalue weighted by atomic mass is 32.2. The summed E-state index contributed by atoms with van der Waals surface area (Å²) in [6.45, 7) is 0. The summed E-state index contributed by atoms with van der Waals surface area (Å²) in [6.07, 6.45) is 7.47. The molecule has 7 rings (SSSR count). The molecule has 0 spiro atoms. The number of carbonyl (C=O) groups excluding carboxylic acids is 4. The molecule has 6 aliphatic heterocycles. The maximum absolute atomic E-state index is 12.0. The zero-order valence-electron chi connectivity index (χ0n) is 16.2. The van der Waals surface area contributed by atoms with Crippen LogP contribution in [0.4, 0.5) is 0 Å². The van der Waals surface area contributed by atoms with E-state index in [4.69, 9.17) is 9.47 Å². The van der Waals surface area contributed by atoms with E-state index in [0.717, 1.165) is 0 Å². The fraction of sp³-hybridized carbons (Fsp3) is 0.429. The summed E-state index contributed by atoms with van der Waals surface area (Å²) in [7, 11) is 0. The van der Waals surface area contributed by atoms with E-state index in [0.29, 0.717) is 40.6 Å². The van der Waals surface area contributed by atoms with E-state index in [1.54, 1.807) is 36.1 Å². The molecule has 0 radical (unpaired) electrons. The third-order valence-electron chi connectivity index (χ3n) is 6.34. The molecule has 31 heavy (non-hydrogen) atoms. The predicted octanol–water partition coefficient (Wildman–Crippen LogP) is 1.91. The van der Waals surface area contributed by atoms with Gasteiger partial charge in [-0.1, -0.05) is 12.2 Å². The Morgan fingerprint density at radius 3 is 2.13 bits per heavy atom. The zero-order chi connectivity index (χ0) is 21.6. The summed E-state index contributed by atoms with van der Waals surface area (Å²) in [4.78, 5) is 45.6. The maximum atomic E-state index is 12.0. The van der Waals surface area contributed by atoms with Crippen LogP contribution in [0, 0.1) is 10.8 Å². The second-order valence-electron chi connectivity index (χ2n) is 7.74. The van der Waals surface area contributed by atoms with Gasteiger partial charge in [-0.05, 0) is 18.6 Å². The van der Waals surface area contributed by atoms with Crippen LogP contribution < -0.4 is 0 Å². The number of cyclic esters (lactones) is 4. The van der Waals surface area contributed by atoms with Crippen molar-refractivity contribution >= 4 is 47.4 Å². The Bertz CT molecular complexity index is 971. The molecule has 4 atom stereocenters. The summed E-state index contributed by atoms with van der Waals surface area (Å²) in [6, 6.07) is 3.67. The Labute approximate surface area is 185 Å². The molecule has 3 saturated heterocycles. The lowest BCUT2D eigenvalue weighted by molar-refractivity contribution is -0.161. The molecule has 3 fully saturated rings. The SMILES string of the molecule is O=C1OC(=O)C23CSCC12C1C=CCC3O1.O=C1OC(=O)C2=C1CSC2.c1ccoc1. The first-order valence-corrected chi connectivity index (χ1v) is 12.0. The Balaban J connectivity index is 0.000000116. The number of hydrogen-bond acceptors (Lipinski definition) is 10. The standard InChI is InChI=1S/C11H10O4S.C6H4O3S.C4H4O/c12-8-10-4-16-5-11(10,9(13)15-8)7-3-1-2-6(10)14-7;7-5-3-1-10-2-4(3)6(8)9-5;1-2-4-5-3-1/h1-2,6-7H,3-5H2;1-2H2;1-4H. The van der Waals surface area contributed by atoms with Crippen molar-refractivity contribution in [1.82, 2.24) is 0 Å². The van der Waals surface area contributed by atoms with Gasteiger partial charge in [0, 0.05) is 23.0 Å². The van der Waals surface area contributed by atoms with Crippen LogP contribution in [0.2, 0.25) is 0 Å². The van der Waals surface area contributed by atoms with E-state index in [1.165, 1.54) is 0 Å². The minimum absolute atomic E-state index is 0.170. The zero-order valence-corrected chi connectivity index (χ0v) is 17.9. The average molecular weight is 463 g/mol. The van der Waals surface area contributed by atoms with E-state index in [2.05, 4.69) is 9.15 Å². The molecule has 6 aliphatic rings. The minimum Gasteiger partial charge on any atom is -0.473 e. The third-order valence-corrected chi connectivity index (χ3v) is 8.64. The quantitative estimate of drug-likeness (QED) is 0.322. The molecule has 7 heterocycles. The van der Waals surface area contributed by atoms with Crippen LogP contribution in [-0.2, 0) is 33.4 Å². The van der Waals surface area contributed by atoms with Crippen molar-refractivity contribution in [3.8, 4) is 0 Å². The molecule has 4 unspecified atom stereocenters. The van der Waals surface area contributed by atoms with Crippen LogP contribution >= 0.6 is 23.5 Å². The molecular formula is C21H18O8S2. The maximum Gasteiger partial charge on any atom is 0.343 e. The lowest BCUT2D eigenvalue weighted by Crippen LogP contribution is -2.47. The van der Waals surface area contributed by atoms with Crippen LogP contribution in [0.1, 0.15) is 6.42 Å². The molecule has 8 nitrogen and oxygen atoms in total. The van der Waals surface area contributed by atoms with E-state index in [9.17, 15) is 19.2 Å². The fourth-order valence-electron chi connectivity index (χ4n) is 4.77. The molecule has 1 aromatic heterocycles. The molecule has 162 valence electrons. The molecule has 0 aromatic carbocycles. The number of fused-ring (bicyclic) bond motifs is 2. The van der Waals surface area contributed by atoms with Gasteiger partial charge in [-0.25, -0.2) is 9.59 Å². The first kappa shape index (κ1) is 20.6. The summed E-state index contributed by atoms with van der Waals surface area (Å²) >= 11 is 3.25. The normalized spacial score (nSPS) is 36.1. The van der Waals surface area contributed by atoms with Crippen LogP contribution in [0.15, 0.2) is 52.4 Å². The lowest BCUT2D eigenvalue weighted by atomic mass is 9.64. The molecule has 0 N–H and O–H groups in total. The van der Waals surface area contributed by atoms with Crippen molar-refractivity contribution in [3.63, 3.8) is 0 Å². The molecular weight excluding hydrogens is 444 g/mol. The van der Waals surface area contributed by atoms with Gasteiger partial charge in [-0.2, -0.15) is 23.5 Å². The Hall–Kier alpha value is -2.30. The van der Waals surface area contributed by atoms with Crippen LogP contribution in [0.3, 0.4) is 0 Å². The molecule has 0 saturated carbocycles. The van der Waals surface area contributed by atoms with Crippen LogP contribution in [0.25, 0.3) is 0 Å². The molecule has 0 amide bonds. The topological polar surface area (TPSA) is 109 Å². The highest BCUT2D eigenvalue weighted by Gasteiger charge is 2.81. The summed E-state index contributed by atoms with van der Waals surface area (Å²) in [5.74, 6) is 0.957. The highest BCUT2D eigenvalue weighted by molar-refractivity contribution is 8.00. The predicted molar refractivity (Wildman–Crippen MR) is 110 cm³/mol. The summed E-state index contributed by atoms with van der Waals surface area (Å²) < 4.78 is 19.7. The number of thioether (sulfide) groups is 2. The minimum atomic E-state index is -0.730. The van der Waals surface area contributed by atoms with Gasteiger partial charge in [0.1, 0.15) is 10.8 Å². The van der Waals surface area contributed by atoms with Gasteiger partial charge in [0.05, 0.1) is 35.9 Å². The second-order valence-corrected chi connectivity index (χ2v) is 9.71. The van der Waals surface area contributed by atoms with Crippen molar-refractivity contribution in [2.75, 3.05) is 23.0 Å². The smallest absolute Gasteiger partial charge is 0.343 e. The monoisotopic (exact) mass is 462 g/mol. The number of esters is 4. The molecule has 2 bridgehead atoms. The van der Waals surface area contributed by atoms with Gasteiger partial charge >= 0.3 is 23.9 Å². The largest absolute Gasteiger partial charge is 0.473 e. The molecule has 10 heteroatoms. The Kier molecular flexibility index (Phi) is 5.10. The molecule has 1 aromatic rings. The van der Waals surface area contributed by atoms with Crippen LogP contribution in [0.5, 0.6) is 0 Å². The average Bonchev–Trinajstić information content (AvgIpc) is 3.57. The van der Waals surface area contributed by atoms with Gasteiger partial charge in [-0.3, -0.25) is 9.59 Å². The number of carbonyl (C=O) groups is 4. The first-order valence-electron chi connectivity index (χ1n) is 9.71. The van der Waals surface area contributed by atoms with E-state index < -0.39 is 22.8 Å². The summed E-state index contributed by atoms with van der Waals surface area (Å²) in [5.41, 5.74) is -0.278. The molecule has 0 aliphatic carbocycles. The summed E-state index contributed by atoms with van der Waals surface area (Å²) in [5, 5.41) is 0. The fourth-order valence-corrected chi connectivity index (χ4v) is 7.71. The van der Waals surface area contributed by atoms with E-state index in [1.807, 2.05) is 24.3 Å². The van der Waals surface area contributed by atoms with Crippen molar-refractivity contribution < 1.29 is 37.8 Å². The van der Waals surface area contributed by atoms with Crippen molar-refractivity contribution in [1.29, 1.82) is 0 Å². The Morgan fingerprint density at radius 1 is 0.839 bits per heavy atom. The van der Waals surface area contributed by atoms with Crippen molar-refractivity contribution in [3.05, 3.63) is 48.0 Å². The number of hydrogen-bond donors (Lipinski definition) is 0. The van der Waals surface area contributed by atoms with Crippen molar-refractivity contribution in [2.24, 2.45) is 10.8 Å². The van der Waals surface area contributed by atoms with Gasteiger partial charge < -0.3 is 18.6 Å². The highest BCUT2D eigenvalue weighted by Crippen LogP contribution is 2.66. The van der Waals surface area contributed by atoms with Gasteiger partial charge in [0.15, 0.2) is 0 Å². The van der Waals surface area contributed by atoms with E-state index in [-0.39, 0.29) is 24.1 Å². The van der Waals surface area contributed by atoms with Gasteiger partial charge in [0.2, 0.25) is 0 Å². The number of rotatable bonds is 0. The second kappa shape index (κ2) is 7.68. The van der Waals surface area contributed by atoms with Gasteiger partial charge in [0.25, 0.3) is 0 Å². The van der Waals surface area contributed by atoms with Crippen molar-refractivity contribution in [2.45, 2.75) is 18.6 Å². The van der Waals surface area contributed by atoms with E-state index >= 15 is 0 Å². The van der Waals surface area contributed by atoms with Gasteiger partial charge in [-0.15, -0.1) is 0 Å². The Morgan fingerprint density at radius 2 is 1.48 bits per heavy atom. The first-order chi connectivity index (χ1) is 15.0. The lowest BCUT2D eigenvalue weighted by Gasteiger charge is -2.27. The number of furan rings is 1. The van der Waals surface area contributed by atoms with Crippen LogP contribution in [-0.4, -0.2) is 59.1 Å². The third kappa shape index (κ3) is 2.88.